The fraction of sp³-hybridized carbons (Fsp3) is 0.786. The van der Waals surface area contributed by atoms with E-state index in [2.05, 4.69) is 25.0 Å². The van der Waals surface area contributed by atoms with Crippen LogP contribution in [0.15, 0.2) is 6.07 Å². The minimum absolute atomic E-state index is 0.0397. The van der Waals surface area contributed by atoms with Crippen LogP contribution in [0.4, 0.5) is 0 Å². The lowest BCUT2D eigenvalue weighted by Crippen LogP contribution is -2.51. The van der Waals surface area contributed by atoms with Crippen molar-refractivity contribution in [2.75, 3.05) is 6.61 Å². The number of hydrogen-bond donors (Lipinski definition) is 1. The van der Waals surface area contributed by atoms with Gasteiger partial charge in [-0.3, -0.25) is 4.68 Å². The Morgan fingerprint density at radius 3 is 2.89 bits per heavy atom. The fourth-order valence-corrected chi connectivity index (χ4v) is 2.62. The summed E-state index contributed by atoms with van der Waals surface area (Å²) < 4.78 is 7.87. The Hall–Kier alpha value is -0.870. The lowest BCUT2D eigenvalue weighted by molar-refractivity contribution is -0.0811. The molecule has 2 atom stereocenters. The highest BCUT2D eigenvalue weighted by atomic mass is 16.5. The number of aryl methyl sites for hydroxylation is 2. The zero-order chi connectivity index (χ0) is 13.2. The third-order valence-electron chi connectivity index (χ3n) is 4.10. The first-order valence-electron chi connectivity index (χ1n) is 6.96. The monoisotopic (exact) mass is 251 g/mol. The number of rotatable bonds is 4. The normalized spacial score (nSPS) is 26.2. The standard InChI is InChI=1S/C14H25N3O/c1-4-11-9-12(17(3)16-11)10-13(15)14(2)7-5-6-8-18-14/h9,13H,4-8,10,15H2,1-3H3. The molecule has 1 aromatic rings. The van der Waals surface area contributed by atoms with Gasteiger partial charge in [-0.25, -0.2) is 0 Å². The molecule has 0 spiro atoms. The minimum atomic E-state index is -0.172. The summed E-state index contributed by atoms with van der Waals surface area (Å²) in [5.41, 5.74) is 8.53. The predicted molar refractivity (Wildman–Crippen MR) is 72.5 cm³/mol. The molecule has 0 saturated carbocycles. The molecule has 2 rings (SSSR count). The van der Waals surface area contributed by atoms with Gasteiger partial charge in [0.1, 0.15) is 0 Å². The van der Waals surface area contributed by atoms with E-state index in [0.717, 1.165) is 38.0 Å². The maximum atomic E-state index is 6.37. The summed E-state index contributed by atoms with van der Waals surface area (Å²) in [5, 5.41) is 4.47. The van der Waals surface area contributed by atoms with Crippen molar-refractivity contribution in [3.63, 3.8) is 0 Å². The minimum Gasteiger partial charge on any atom is -0.374 e. The summed E-state index contributed by atoms with van der Waals surface area (Å²) in [6, 6.07) is 2.20. The van der Waals surface area contributed by atoms with Crippen molar-refractivity contribution in [1.29, 1.82) is 0 Å². The second kappa shape index (κ2) is 5.41. The summed E-state index contributed by atoms with van der Waals surface area (Å²) >= 11 is 0. The molecule has 4 heteroatoms. The molecule has 0 aliphatic carbocycles. The van der Waals surface area contributed by atoms with Gasteiger partial charge in [0.2, 0.25) is 0 Å². The Bertz CT molecular complexity index is 394. The van der Waals surface area contributed by atoms with Crippen molar-refractivity contribution in [3.8, 4) is 0 Å². The van der Waals surface area contributed by atoms with E-state index in [4.69, 9.17) is 10.5 Å². The second-order valence-corrected chi connectivity index (χ2v) is 5.53. The van der Waals surface area contributed by atoms with Crippen molar-refractivity contribution in [3.05, 3.63) is 17.5 Å². The topological polar surface area (TPSA) is 53.1 Å². The Balaban J connectivity index is 2.05. The maximum Gasteiger partial charge on any atom is 0.0808 e. The highest BCUT2D eigenvalue weighted by Crippen LogP contribution is 2.28. The van der Waals surface area contributed by atoms with E-state index in [1.807, 2.05) is 11.7 Å². The second-order valence-electron chi connectivity index (χ2n) is 5.53. The van der Waals surface area contributed by atoms with Gasteiger partial charge in [-0.05, 0) is 38.7 Å². The number of ether oxygens (including phenoxy) is 1. The van der Waals surface area contributed by atoms with E-state index in [1.54, 1.807) is 0 Å². The van der Waals surface area contributed by atoms with Crippen molar-refractivity contribution in [2.45, 2.75) is 57.6 Å². The molecular weight excluding hydrogens is 226 g/mol. The highest BCUT2D eigenvalue weighted by molar-refractivity contribution is 5.13. The van der Waals surface area contributed by atoms with Crippen LogP contribution < -0.4 is 5.73 Å². The Morgan fingerprint density at radius 1 is 1.56 bits per heavy atom. The van der Waals surface area contributed by atoms with Gasteiger partial charge >= 0.3 is 0 Å². The molecule has 1 aliphatic heterocycles. The summed E-state index contributed by atoms with van der Waals surface area (Å²) in [7, 11) is 1.99. The lowest BCUT2D eigenvalue weighted by atomic mass is 9.86. The van der Waals surface area contributed by atoms with Crippen LogP contribution in [0.25, 0.3) is 0 Å². The van der Waals surface area contributed by atoms with Gasteiger partial charge in [-0.2, -0.15) is 5.10 Å². The summed E-state index contributed by atoms with van der Waals surface area (Å²) in [5.74, 6) is 0. The van der Waals surface area contributed by atoms with Gasteiger partial charge in [-0.15, -0.1) is 0 Å². The van der Waals surface area contributed by atoms with E-state index >= 15 is 0 Å². The number of nitrogens with two attached hydrogens (primary N) is 1. The molecule has 1 saturated heterocycles. The number of hydrogen-bond acceptors (Lipinski definition) is 3. The van der Waals surface area contributed by atoms with Crippen molar-refractivity contribution >= 4 is 0 Å². The van der Waals surface area contributed by atoms with Crippen molar-refractivity contribution < 1.29 is 4.74 Å². The fourth-order valence-electron chi connectivity index (χ4n) is 2.62. The Labute approximate surface area is 110 Å². The van der Waals surface area contributed by atoms with E-state index < -0.39 is 0 Å². The van der Waals surface area contributed by atoms with Crippen LogP contribution in [0, 0.1) is 0 Å². The average Bonchev–Trinajstić information content (AvgIpc) is 2.71. The Morgan fingerprint density at radius 2 is 2.33 bits per heavy atom. The largest absolute Gasteiger partial charge is 0.374 e. The molecular formula is C14H25N3O. The third-order valence-corrected chi connectivity index (χ3v) is 4.10. The van der Waals surface area contributed by atoms with E-state index in [0.29, 0.717) is 0 Å². The Kier molecular flexibility index (Phi) is 4.07. The van der Waals surface area contributed by atoms with Gasteiger partial charge in [0.25, 0.3) is 0 Å². The van der Waals surface area contributed by atoms with Crippen molar-refractivity contribution in [1.82, 2.24) is 9.78 Å². The lowest BCUT2D eigenvalue weighted by Gasteiger charge is -2.38. The first-order valence-corrected chi connectivity index (χ1v) is 6.96. The molecule has 2 heterocycles. The van der Waals surface area contributed by atoms with Crippen LogP contribution in [0.2, 0.25) is 0 Å². The van der Waals surface area contributed by atoms with Crippen molar-refractivity contribution in [2.24, 2.45) is 12.8 Å². The van der Waals surface area contributed by atoms with Crippen LogP contribution in [-0.2, 0) is 24.6 Å². The first kappa shape index (κ1) is 13.6. The predicted octanol–water partition coefficient (Wildman–Crippen LogP) is 1.81. The van der Waals surface area contributed by atoms with Crippen LogP contribution in [-0.4, -0.2) is 28.0 Å². The molecule has 4 nitrogen and oxygen atoms in total. The molecule has 18 heavy (non-hydrogen) atoms. The highest BCUT2D eigenvalue weighted by Gasteiger charge is 2.34. The van der Waals surface area contributed by atoms with Crippen LogP contribution in [0.5, 0.6) is 0 Å². The molecule has 1 aliphatic rings. The summed E-state index contributed by atoms with van der Waals surface area (Å²) in [4.78, 5) is 0. The summed E-state index contributed by atoms with van der Waals surface area (Å²) in [6.07, 6.45) is 5.24. The van der Waals surface area contributed by atoms with Gasteiger partial charge in [0.15, 0.2) is 0 Å². The third kappa shape index (κ3) is 2.75. The van der Waals surface area contributed by atoms with Gasteiger partial charge in [0, 0.05) is 31.8 Å². The van der Waals surface area contributed by atoms with Crippen LogP contribution in [0.1, 0.15) is 44.5 Å². The van der Waals surface area contributed by atoms with Gasteiger partial charge < -0.3 is 10.5 Å². The molecule has 1 aromatic heterocycles. The molecule has 2 unspecified atom stereocenters. The quantitative estimate of drug-likeness (QED) is 0.888. The molecule has 0 radical (unpaired) electrons. The smallest absolute Gasteiger partial charge is 0.0808 e. The molecule has 102 valence electrons. The number of nitrogens with zero attached hydrogens (tertiary/aromatic N) is 2. The average molecular weight is 251 g/mol. The molecule has 2 N–H and O–H groups in total. The molecule has 0 amide bonds. The van der Waals surface area contributed by atoms with Gasteiger partial charge in [-0.1, -0.05) is 6.92 Å². The first-order chi connectivity index (χ1) is 8.55. The van der Waals surface area contributed by atoms with E-state index in [9.17, 15) is 0 Å². The zero-order valence-electron chi connectivity index (χ0n) is 11.8. The molecule has 0 aromatic carbocycles. The van der Waals surface area contributed by atoms with Gasteiger partial charge in [0.05, 0.1) is 11.3 Å². The summed E-state index contributed by atoms with van der Waals surface area (Å²) in [6.45, 7) is 5.11. The van der Waals surface area contributed by atoms with Crippen LogP contribution >= 0.6 is 0 Å². The maximum absolute atomic E-state index is 6.37. The molecule has 0 bridgehead atoms. The van der Waals surface area contributed by atoms with E-state index in [1.165, 1.54) is 12.1 Å². The molecule has 1 fully saturated rings. The van der Waals surface area contributed by atoms with Crippen LogP contribution in [0.3, 0.4) is 0 Å². The SMILES string of the molecule is CCc1cc(CC(N)C2(C)CCCCO2)n(C)n1. The number of aromatic nitrogens is 2. The van der Waals surface area contributed by atoms with E-state index in [-0.39, 0.29) is 11.6 Å². The zero-order valence-corrected chi connectivity index (χ0v) is 11.8.